The number of aromatic amines is 1. The van der Waals surface area contributed by atoms with Crippen LogP contribution >= 0.6 is 0 Å². The summed E-state index contributed by atoms with van der Waals surface area (Å²) >= 11 is 0. The molecular weight excluding hydrogens is 278 g/mol. The van der Waals surface area contributed by atoms with Crippen molar-refractivity contribution >= 4 is 16.9 Å². The van der Waals surface area contributed by atoms with Gasteiger partial charge in [0.1, 0.15) is 11.5 Å². The first-order chi connectivity index (χ1) is 10.8. The number of hydrogen-bond acceptors (Lipinski definition) is 3. The largest absolute Gasteiger partial charge is 0.341 e. The van der Waals surface area contributed by atoms with Crippen LogP contribution in [-0.2, 0) is 7.05 Å². The summed E-state index contributed by atoms with van der Waals surface area (Å²) in [4.78, 5) is 26.1. The third-order valence-electron chi connectivity index (χ3n) is 4.36. The Hall–Kier alpha value is -2.63. The van der Waals surface area contributed by atoms with Gasteiger partial charge in [0.15, 0.2) is 0 Å². The van der Waals surface area contributed by atoms with E-state index >= 15 is 0 Å². The lowest BCUT2D eigenvalue weighted by Crippen LogP contribution is -2.32. The van der Waals surface area contributed by atoms with Crippen LogP contribution in [0.3, 0.4) is 0 Å². The zero-order valence-electron chi connectivity index (χ0n) is 12.4. The molecule has 4 rings (SSSR count). The van der Waals surface area contributed by atoms with Crippen molar-refractivity contribution in [1.29, 1.82) is 0 Å². The molecule has 1 aromatic carbocycles. The smallest absolute Gasteiger partial charge is 0.272 e. The molecular formula is C16H17N5O. The molecule has 2 aromatic heterocycles. The quantitative estimate of drug-likeness (QED) is 0.788. The SMILES string of the molecule is Cn1c([C@H]2CCCN2C(=O)c2cnc[nH]2)nc2ccccc21. The van der Waals surface area contributed by atoms with Crippen molar-refractivity contribution in [3.8, 4) is 0 Å². The van der Waals surface area contributed by atoms with Crippen LogP contribution in [-0.4, -0.2) is 36.9 Å². The lowest BCUT2D eigenvalue weighted by Gasteiger charge is -2.23. The van der Waals surface area contributed by atoms with Crippen LogP contribution in [0.25, 0.3) is 11.0 Å². The summed E-state index contributed by atoms with van der Waals surface area (Å²) < 4.78 is 2.10. The molecule has 1 fully saturated rings. The lowest BCUT2D eigenvalue weighted by atomic mass is 10.2. The number of nitrogens with one attached hydrogen (secondary N) is 1. The number of carbonyl (C=O) groups excluding carboxylic acids is 1. The zero-order chi connectivity index (χ0) is 15.1. The van der Waals surface area contributed by atoms with E-state index in [2.05, 4.69) is 20.6 Å². The van der Waals surface area contributed by atoms with Crippen LogP contribution in [0.4, 0.5) is 0 Å². The average Bonchev–Trinajstić information content (AvgIpc) is 3.27. The number of para-hydroxylation sites is 2. The fraction of sp³-hybridized carbons (Fsp3) is 0.312. The standard InChI is InChI=1S/C16H17N5O/c1-20-13-6-3-2-5-11(13)19-15(20)14-7-4-8-21(14)16(22)12-9-17-10-18-12/h2-3,5-6,9-10,14H,4,7-8H2,1H3,(H,17,18)/t14-/m1/s1. The molecule has 0 bridgehead atoms. The van der Waals surface area contributed by atoms with Gasteiger partial charge in [0.25, 0.3) is 5.91 Å². The molecule has 1 N–H and O–H groups in total. The summed E-state index contributed by atoms with van der Waals surface area (Å²) in [5, 5.41) is 0. The summed E-state index contributed by atoms with van der Waals surface area (Å²) in [5.41, 5.74) is 2.60. The molecule has 22 heavy (non-hydrogen) atoms. The molecule has 1 aliphatic rings. The molecule has 0 saturated carbocycles. The molecule has 6 nitrogen and oxygen atoms in total. The highest BCUT2D eigenvalue weighted by molar-refractivity contribution is 5.92. The fourth-order valence-corrected chi connectivity index (χ4v) is 3.27. The van der Waals surface area contributed by atoms with E-state index in [0.29, 0.717) is 5.69 Å². The second-order valence-electron chi connectivity index (χ2n) is 5.64. The zero-order valence-corrected chi connectivity index (χ0v) is 12.4. The predicted molar refractivity (Wildman–Crippen MR) is 82.3 cm³/mol. The van der Waals surface area contributed by atoms with E-state index < -0.39 is 0 Å². The molecule has 0 radical (unpaired) electrons. The number of carbonyl (C=O) groups is 1. The topological polar surface area (TPSA) is 66.8 Å². The van der Waals surface area contributed by atoms with Gasteiger partial charge in [0.05, 0.1) is 29.6 Å². The van der Waals surface area contributed by atoms with Crippen LogP contribution in [0.15, 0.2) is 36.8 Å². The van der Waals surface area contributed by atoms with Gasteiger partial charge >= 0.3 is 0 Å². The van der Waals surface area contributed by atoms with Gasteiger partial charge in [-0.05, 0) is 25.0 Å². The second kappa shape index (κ2) is 4.98. The molecule has 6 heteroatoms. The van der Waals surface area contributed by atoms with E-state index in [0.717, 1.165) is 36.2 Å². The maximum Gasteiger partial charge on any atom is 0.272 e. The molecule has 1 atom stereocenters. The number of aryl methyl sites for hydroxylation is 1. The molecule has 1 aliphatic heterocycles. The van der Waals surface area contributed by atoms with Gasteiger partial charge in [0, 0.05) is 13.6 Å². The van der Waals surface area contributed by atoms with Crippen molar-refractivity contribution in [1.82, 2.24) is 24.4 Å². The molecule has 0 aliphatic carbocycles. The molecule has 1 amide bonds. The van der Waals surface area contributed by atoms with Gasteiger partial charge in [0.2, 0.25) is 0 Å². The van der Waals surface area contributed by atoms with Crippen LogP contribution in [0.1, 0.15) is 35.2 Å². The normalized spacial score (nSPS) is 18.2. The number of fused-ring (bicyclic) bond motifs is 1. The number of benzene rings is 1. The van der Waals surface area contributed by atoms with Crippen molar-refractivity contribution in [2.45, 2.75) is 18.9 Å². The molecule has 3 aromatic rings. The van der Waals surface area contributed by atoms with Gasteiger partial charge in [-0.15, -0.1) is 0 Å². The Morgan fingerprint density at radius 3 is 3.00 bits per heavy atom. The number of aromatic nitrogens is 4. The van der Waals surface area contributed by atoms with E-state index in [1.807, 2.05) is 30.1 Å². The van der Waals surface area contributed by atoms with E-state index in [1.165, 1.54) is 6.33 Å². The molecule has 112 valence electrons. The molecule has 1 saturated heterocycles. The Balaban J connectivity index is 1.73. The number of rotatable bonds is 2. The van der Waals surface area contributed by atoms with Gasteiger partial charge < -0.3 is 14.5 Å². The van der Waals surface area contributed by atoms with E-state index in [-0.39, 0.29) is 11.9 Å². The summed E-state index contributed by atoms with van der Waals surface area (Å²) in [6.45, 7) is 0.756. The lowest BCUT2D eigenvalue weighted by molar-refractivity contribution is 0.0723. The number of likely N-dealkylation sites (tertiary alicyclic amines) is 1. The number of imidazole rings is 2. The third-order valence-corrected chi connectivity index (χ3v) is 4.36. The highest BCUT2D eigenvalue weighted by Gasteiger charge is 2.34. The van der Waals surface area contributed by atoms with Gasteiger partial charge in [-0.3, -0.25) is 4.79 Å². The molecule has 0 spiro atoms. The van der Waals surface area contributed by atoms with E-state index in [9.17, 15) is 4.79 Å². The predicted octanol–water partition coefficient (Wildman–Crippen LogP) is 2.27. The Bertz CT molecular complexity index is 820. The maximum absolute atomic E-state index is 12.6. The number of nitrogens with zero attached hydrogens (tertiary/aromatic N) is 4. The minimum absolute atomic E-state index is 0.00736. The van der Waals surface area contributed by atoms with Crippen molar-refractivity contribution in [3.63, 3.8) is 0 Å². The van der Waals surface area contributed by atoms with Crippen molar-refractivity contribution in [2.75, 3.05) is 6.54 Å². The third kappa shape index (κ3) is 1.91. The van der Waals surface area contributed by atoms with Crippen molar-refractivity contribution in [3.05, 3.63) is 48.3 Å². The molecule has 0 unspecified atom stereocenters. The van der Waals surface area contributed by atoms with Gasteiger partial charge in [-0.25, -0.2) is 9.97 Å². The van der Waals surface area contributed by atoms with Gasteiger partial charge in [-0.2, -0.15) is 0 Å². The fourth-order valence-electron chi connectivity index (χ4n) is 3.27. The summed E-state index contributed by atoms with van der Waals surface area (Å²) in [6, 6.07) is 8.08. The minimum atomic E-state index is -0.00736. The minimum Gasteiger partial charge on any atom is -0.341 e. The molecule has 3 heterocycles. The van der Waals surface area contributed by atoms with Crippen LogP contribution in [0, 0.1) is 0 Å². The Labute approximate surface area is 127 Å². The highest BCUT2D eigenvalue weighted by Crippen LogP contribution is 2.33. The number of hydrogen-bond donors (Lipinski definition) is 1. The first kappa shape index (κ1) is 13.1. The first-order valence-electron chi connectivity index (χ1n) is 7.46. The highest BCUT2D eigenvalue weighted by atomic mass is 16.2. The Morgan fingerprint density at radius 2 is 2.23 bits per heavy atom. The number of amides is 1. The Morgan fingerprint density at radius 1 is 1.36 bits per heavy atom. The second-order valence-corrected chi connectivity index (χ2v) is 5.64. The van der Waals surface area contributed by atoms with Crippen LogP contribution < -0.4 is 0 Å². The van der Waals surface area contributed by atoms with Crippen molar-refractivity contribution < 1.29 is 4.79 Å². The number of H-pyrrole nitrogens is 1. The van der Waals surface area contributed by atoms with Gasteiger partial charge in [-0.1, -0.05) is 12.1 Å². The van der Waals surface area contributed by atoms with E-state index in [4.69, 9.17) is 4.98 Å². The van der Waals surface area contributed by atoms with Crippen LogP contribution in [0.5, 0.6) is 0 Å². The summed E-state index contributed by atoms with van der Waals surface area (Å²) in [7, 11) is 2.02. The van der Waals surface area contributed by atoms with Crippen LogP contribution in [0.2, 0.25) is 0 Å². The van der Waals surface area contributed by atoms with Crippen molar-refractivity contribution in [2.24, 2.45) is 7.05 Å². The maximum atomic E-state index is 12.6. The monoisotopic (exact) mass is 295 g/mol. The van der Waals surface area contributed by atoms with E-state index in [1.54, 1.807) is 6.20 Å². The first-order valence-corrected chi connectivity index (χ1v) is 7.46. The summed E-state index contributed by atoms with van der Waals surface area (Å²) in [6.07, 6.45) is 5.05. The summed E-state index contributed by atoms with van der Waals surface area (Å²) in [5.74, 6) is 0.943. The Kier molecular flexibility index (Phi) is 2.96. The average molecular weight is 295 g/mol.